The lowest BCUT2D eigenvalue weighted by molar-refractivity contribution is 0.233. The minimum Gasteiger partial charge on any atom is -0.272 e. The molecular formula is C10H19N3S. The summed E-state index contributed by atoms with van der Waals surface area (Å²) in [5, 5.41) is 11.8. The first-order valence-corrected chi connectivity index (χ1v) is 5.76. The van der Waals surface area contributed by atoms with Gasteiger partial charge in [-0.3, -0.25) is 10.3 Å². The lowest BCUT2D eigenvalue weighted by atomic mass is 9.77. The molecule has 0 aromatic rings. The number of nitriles is 1. The number of hydrogen-bond donors (Lipinski definition) is 1. The number of aliphatic imine (C=N–C) groups is 1. The van der Waals surface area contributed by atoms with Gasteiger partial charge in [0.15, 0.2) is 11.4 Å². The van der Waals surface area contributed by atoms with Gasteiger partial charge < -0.3 is 0 Å². The van der Waals surface area contributed by atoms with Crippen molar-refractivity contribution >= 4 is 16.9 Å². The first-order valence-electron chi connectivity index (χ1n) is 4.53. The van der Waals surface area contributed by atoms with Crippen molar-refractivity contribution in [3.05, 3.63) is 0 Å². The molecule has 80 valence electrons. The highest BCUT2D eigenvalue weighted by Gasteiger charge is 2.32. The Morgan fingerprint density at radius 2 is 1.79 bits per heavy atom. The minimum absolute atomic E-state index is 0.0745. The van der Waals surface area contributed by atoms with Crippen LogP contribution in [0.5, 0.6) is 0 Å². The molecule has 0 aromatic carbocycles. The van der Waals surface area contributed by atoms with Crippen LogP contribution in [0.15, 0.2) is 4.99 Å². The Labute approximate surface area is 91.0 Å². The molecule has 0 radical (unpaired) electrons. The van der Waals surface area contributed by atoms with E-state index in [1.807, 2.05) is 12.4 Å². The minimum atomic E-state index is -0.185. The summed E-state index contributed by atoms with van der Waals surface area (Å²) in [6, 6.07) is 0. The highest BCUT2D eigenvalue weighted by Crippen LogP contribution is 2.33. The van der Waals surface area contributed by atoms with Gasteiger partial charge in [-0.15, -0.1) is 0 Å². The Balaban J connectivity index is 4.85. The number of thioether (sulfide) groups is 1. The molecule has 0 heterocycles. The van der Waals surface area contributed by atoms with Gasteiger partial charge in [0.25, 0.3) is 0 Å². The topological polar surface area (TPSA) is 48.2 Å². The van der Waals surface area contributed by atoms with Crippen molar-refractivity contribution in [2.24, 2.45) is 10.4 Å². The Morgan fingerprint density at radius 1 is 1.29 bits per heavy atom. The van der Waals surface area contributed by atoms with Crippen LogP contribution in [-0.2, 0) is 0 Å². The van der Waals surface area contributed by atoms with Crippen LogP contribution >= 0.6 is 11.8 Å². The van der Waals surface area contributed by atoms with Crippen molar-refractivity contribution in [3.8, 4) is 6.19 Å². The number of rotatable bonds is 1. The van der Waals surface area contributed by atoms with Gasteiger partial charge >= 0.3 is 0 Å². The third kappa shape index (κ3) is 3.59. The molecule has 3 nitrogen and oxygen atoms in total. The Hall–Kier alpha value is -0.690. The Morgan fingerprint density at radius 3 is 2.07 bits per heavy atom. The van der Waals surface area contributed by atoms with Crippen LogP contribution in [0.1, 0.15) is 34.6 Å². The van der Waals surface area contributed by atoms with Gasteiger partial charge in [0.2, 0.25) is 0 Å². The molecule has 1 N–H and O–H groups in total. The van der Waals surface area contributed by atoms with E-state index >= 15 is 0 Å². The zero-order chi connectivity index (χ0) is 11.4. The van der Waals surface area contributed by atoms with Crippen LogP contribution in [0.2, 0.25) is 0 Å². The van der Waals surface area contributed by atoms with E-state index in [4.69, 9.17) is 5.26 Å². The molecule has 0 aliphatic carbocycles. The lowest BCUT2D eigenvalue weighted by Crippen LogP contribution is -2.36. The summed E-state index contributed by atoms with van der Waals surface area (Å²) in [6.45, 7) is 10.6. The number of nitrogens with zero attached hydrogens (tertiary/aromatic N) is 2. The smallest absolute Gasteiger partial charge is 0.183 e. The fourth-order valence-electron chi connectivity index (χ4n) is 0.594. The van der Waals surface area contributed by atoms with Gasteiger partial charge in [-0.2, -0.15) is 5.26 Å². The van der Waals surface area contributed by atoms with Crippen LogP contribution < -0.4 is 5.32 Å². The normalized spacial score (nSPS) is 13.6. The average Bonchev–Trinajstić information content (AvgIpc) is 2.01. The van der Waals surface area contributed by atoms with Gasteiger partial charge in [0, 0.05) is 0 Å². The largest absolute Gasteiger partial charge is 0.272 e. The van der Waals surface area contributed by atoms with E-state index in [1.54, 1.807) is 0 Å². The molecule has 0 amide bonds. The number of nitrogens with one attached hydrogen (secondary N) is 1. The zero-order valence-electron chi connectivity index (χ0n) is 9.80. The highest BCUT2D eigenvalue weighted by atomic mass is 32.2. The van der Waals surface area contributed by atoms with E-state index in [0.29, 0.717) is 5.17 Å². The summed E-state index contributed by atoms with van der Waals surface area (Å²) in [7, 11) is 0. The molecule has 0 unspecified atom stereocenters. The fraction of sp³-hybridized carbons (Fsp3) is 0.800. The molecule has 0 aliphatic rings. The van der Waals surface area contributed by atoms with Gasteiger partial charge in [-0.25, -0.2) is 0 Å². The van der Waals surface area contributed by atoms with Crippen molar-refractivity contribution in [2.75, 3.05) is 6.26 Å². The highest BCUT2D eigenvalue weighted by molar-refractivity contribution is 8.13. The van der Waals surface area contributed by atoms with Gasteiger partial charge in [0.05, 0.1) is 5.54 Å². The Kier molecular flexibility index (Phi) is 4.47. The second kappa shape index (κ2) is 4.70. The molecule has 4 heteroatoms. The summed E-state index contributed by atoms with van der Waals surface area (Å²) >= 11 is 1.45. The van der Waals surface area contributed by atoms with E-state index in [2.05, 4.69) is 44.9 Å². The molecule has 0 saturated carbocycles. The van der Waals surface area contributed by atoms with E-state index in [1.165, 1.54) is 11.8 Å². The molecule has 0 bridgehead atoms. The van der Waals surface area contributed by atoms with E-state index in [-0.39, 0.29) is 11.0 Å². The monoisotopic (exact) mass is 213 g/mol. The standard InChI is InChI=1S/C10H19N3S/c1-9(2,3)10(4,5)13-8(14-6)12-7-11/h1-6H3,(H,12,13). The van der Waals surface area contributed by atoms with Crippen molar-refractivity contribution in [3.63, 3.8) is 0 Å². The maximum Gasteiger partial charge on any atom is 0.183 e. The summed E-state index contributed by atoms with van der Waals surface area (Å²) in [6.07, 6.45) is 3.80. The first kappa shape index (κ1) is 13.3. The molecule has 0 rings (SSSR count). The molecular weight excluding hydrogens is 194 g/mol. The van der Waals surface area contributed by atoms with Crippen molar-refractivity contribution in [1.82, 2.24) is 5.32 Å². The van der Waals surface area contributed by atoms with Crippen LogP contribution in [0.3, 0.4) is 0 Å². The molecule has 0 saturated heterocycles. The third-order valence-electron chi connectivity index (χ3n) is 2.57. The van der Waals surface area contributed by atoms with Gasteiger partial charge in [-0.05, 0) is 25.5 Å². The van der Waals surface area contributed by atoms with E-state index in [0.717, 1.165) is 0 Å². The lowest BCUT2D eigenvalue weighted by Gasteiger charge is -2.35. The first-order chi connectivity index (χ1) is 6.24. The predicted octanol–water partition coefficient (Wildman–Crippen LogP) is 2.60. The Bertz CT molecular complexity index is 256. The van der Waals surface area contributed by atoms with E-state index < -0.39 is 0 Å². The van der Waals surface area contributed by atoms with Crippen LogP contribution in [0, 0.1) is 16.9 Å². The van der Waals surface area contributed by atoms with E-state index in [9.17, 15) is 0 Å². The molecule has 0 aliphatic heterocycles. The summed E-state index contributed by atoms with van der Waals surface area (Å²) in [5.41, 5.74) is -0.111. The maximum absolute atomic E-state index is 8.51. The number of hydrogen-bond acceptors (Lipinski definition) is 3. The van der Waals surface area contributed by atoms with Gasteiger partial charge in [0.1, 0.15) is 0 Å². The van der Waals surface area contributed by atoms with Crippen LogP contribution in [0.4, 0.5) is 0 Å². The summed E-state index contributed by atoms with van der Waals surface area (Å²) in [5.74, 6) is 0. The molecule has 0 spiro atoms. The van der Waals surface area contributed by atoms with Crippen molar-refractivity contribution < 1.29 is 0 Å². The summed E-state index contributed by atoms with van der Waals surface area (Å²) < 4.78 is 0. The van der Waals surface area contributed by atoms with Crippen LogP contribution in [-0.4, -0.2) is 17.0 Å². The fourth-order valence-corrected chi connectivity index (χ4v) is 1.06. The van der Waals surface area contributed by atoms with Crippen molar-refractivity contribution in [2.45, 2.75) is 40.2 Å². The third-order valence-corrected chi connectivity index (χ3v) is 3.15. The molecule has 0 atom stereocenters. The van der Waals surface area contributed by atoms with Crippen molar-refractivity contribution in [1.29, 1.82) is 5.26 Å². The average molecular weight is 213 g/mol. The molecule has 0 fully saturated rings. The molecule has 0 aromatic heterocycles. The quantitative estimate of drug-likeness (QED) is 0.315. The zero-order valence-corrected chi connectivity index (χ0v) is 10.6. The van der Waals surface area contributed by atoms with Gasteiger partial charge in [-0.1, -0.05) is 32.5 Å². The second-order valence-corrected chi connectivity index (χ2v) is 5.46. The maximum atomic E-state index is 8.51. The predicted molar refractivity (Wildman–Crippen MR) is 63.2 cm³/mol. The number of amidine groups is 1. The van der Waals surface area contributed by atoms with Crippen LogP contribution in [0.25, 0.3) is 0 Å². The molecule has 14 heavy (non-hydrogen) atoms. The second-order valence-electron chi connectivity index (χ2n) is 4.67. The summed E-state index contributed by atoms with van der Waals surface area (Å²) in [4.78, 5) is 4.53. The SMILES string of the molecule is CSC(=NC(C)(C)C(C)(C)C)NC#N.